The molecule has 13 heavy (non-hydrogen) atoms. The average Bonchev–Trinajstić information content (AvgIpc) is 2.48. The summed E-state index contributed by atoms with van der Waals surface area (Å²) in [5, 5.41) is 2.59. The van der Waals surface area contributed by atoms with E-state index in [9.17, 15) is 9.59 Å². The van der Waals surface area contributed by atoms with Gasteiger partial charge in [0.15, 0.2) is 0 Å². The average molecular weight is 206 g/mol. The predicted molar refractivity (Wildman–Crippen MR) is 47.5 cm³/mol. The Kier molecular flexibility index (Phi) is 4.02. The van der Waals surface area contributed by atoms with E-state index in [-0.39, 0.29) is 11.9 Å². The zero-order chi connectivity index (χ0) is 9.68. The second-order valence-corrected chi connectivity index (χ2v) is 3.25. The largest absolute Gasteiger partial charge is 0.464 e. The number of ether oxygens (including phenoxy) is 1. The number of hydrogen-bond donors (Lipinski definition) is 1. The molecule has 1 fully saturated rings. The van der Waals surface area contributed by atoms with Gasteiger partial charge in [0, 0.05) is 18.7 Å². The smallest absolute Gasteiger partial charge is 0.328 e. The molecule has 4 nitrogen and oxygen atoms in total. The number of carbonyl (C=O) groups excluding carboxylic acids is 2. The number of carbonyl (C=O) groups is 2. The minimum Gasteiger partial charge on any atom is -0.464 e. The van der Waals surface area contributed by atoms with Crippen LogP contribution < -0.4 is 5.32 Å². The van der Waals surface area contributed by atoms with Crippen molar-refractivity contribution in [3.8, 4) is 0 Å². The zero-order valence-corrected chi connectivity index (χ0v) is 7.97. The number of cyclic esters (lactones) is 1. The number of nitrogens with one attached hydrogen (secondary N) is 1. The third-order valence-corrected chi connectivity index (χ3v) is 2.08. The second-order valence-electron chi connectivity index (χ2n) is 2.87. The highest BCUT2D eigenvalue weighted by Crippen LogP contribution is 2.06. The van der Waals surface area contributed by atoms with E-state index in [2.05, 4.69) is 5.32 Å². The summed E-state index contributed by atoms with van der Waals surface area (Å²) in [6.07, 6.45) is 1.58. The first-order valence-corrected chi connectivity index (χ1v) is 4.79. The Balaban J connectivity index is 2.23. The van der Waals surface area contributed by atoms with Gasteiger partial charge in [-0.15, -0.1) is 11.6 Å². The lowest BCUT2D eigenvalue weighted by atomic mass is 10.2. The van der Waals surface area contributed by atoms with Crippen molar-refractivity contribution in [2.24, 2.45) is 0 Å². The van der Waals surface area contributed by atoms with E-state index >= 15 is 0 Å². The molecule has 1 heterocycles. The number of hydrogen-bond acceptors (Lipinski definition) is 3. The highest BCUT2D eigenvalue weighted by atomic mass is 35.5. The van der Waals surface area contributed by atoms with Crippen LogP contribution >= 0.6 is 11.6 Å². The lowest BCUT2D eigenvalue weighted by Crippen LogP contribution is -2.37. The monoisotopic (exact) mass is 205 g/mol. The van der Waals surface area contributed by atoms with Gasteiger partial charge in [-0.1, -0.05) is 0 Å². The van der Waals surface area contributed by atoms with Crippen LogP contribution in [0.5, 0.6) is 0 Å². The Morgan fingerprint density at radius 2 is 2.46 bits per heavy atom. The van der Waals surface area contributed by atoms with Gasteiger partial charge in [0.05, 0.1) is 6.61 Å². The molecule has 74 valence electrons. The molecule has 1 N–H and O–H groups in total. The van der Waals surface area contributed by atoms with E-state index in [0.717, 1.165) is 0 Å². The molecule has 0 saturated carbocycles. The topological polar surface area (TPSA) is 55.4 Å². The maximum atomic E-state index is 11.1. The van der Waals surface area contributed by atoms with Crippen LogP contribution in [0.1, 0.15) is 19.3 Å². The van der Waals surface area contributed by atoms with Crippen molar-refractivity contribution in [3.63, 3.8) is 0 Å². The molecule has 1 unspecified atom stereocenters. The fraction of sp³-hybridized carbons (Fsp3) is 0.750. The maximum absolute atomic E-state index is 11.1. The molecular weight excluding hydrogens is 194 g/mol. The van der Waals surface area contributed by atoms with Gasteiger partial charge >= 0.3 is 5.97 Å². The van der Waals surface area contributed by atoms with E-state index in [1.165, 1.54) is 0 Å². The number of alkyl halides is 1. The highest BCUT2D eigenvalue weighted by Gasteiger charge is 2.27. The summed E-state index contributed by atoms with van der Waals surface area (Å²) in [4.78, 5) is 22.0. The molecule has 1 amide bonds. The Morgan fingerprint density at radius 3 is 3.00 bits per heavy atom. The van der Waals surface area contributed by atoms with Gasteiger partial charge in [0.1, 0.15) is 6.04 Å². The van der Waals surface area contributed by atoms with Crippen molar-refractivity contribution < 1.29 is 14.3 Å². The number of halogens is 1. The Morgan fingerprint density at radius 1 is 1.69 bits per heavy atom. The Labute approximate surface area is 81.6 Å². The van der Waals surface area contributed by atoms with Crippen molar-refractivity contribution in [3.05, 3.63) is 0 Å². The fourth-order valence-corrected chi connectivity index (χ4v) is 1.25. The van der Waals surface area contributed by atoms with Crippen molar-refractivity contribution in [1.82, 2.24) is 5.32 Å². The summed E-state index contributed by atoms with van der Waals surface area (Å²) in [5.41, 5.74) is 0. The van der Waals surface area contributed by atoms with Crippen LogP contribution in [0.2, 0.25) is 0 Å². The molecule has 1 saturated heterocycles. The van der Waals surface area contributed by atoms with Crippen LogP contribution in [0.25, 0.3) is 0 Å². The van der Waals surface area contributed by atoms with E-state index in [4.69, 9.17) is 16.3 Å². The van der Waals surface area contributed by atoms with E-state index in [1.807, 2.05) is 0 Å². The van der Waals surface area contributed by atoms with Crippen LogP contribution in [-0.2, 0) is 14.3 Å². The van der Waals surface area contributed by atoms with Gasteiger partial charge in [-0.2, -0.15) is 0 Å². The van der Waals surface area contributed by atoms with Gasteiger partial charge in [-0.25, -0.2) is 4.79 Å². The van der Waals surface area contributed by atoms with Gasteiger partial charge in [-0.05, 0) is 6.42 Å². The molecule has 0 spiro atoms. The van der Waals surface area contributed by atoms with Crippen LogP contribution in [0.4, 0.5) is 0 Å². The van der Waals surface area contributed by atoms with Gasteiger partial charge in [0.2, 0.25) is 5.91 Å². The molecular formula is C8H12ClNO3. The normalized spacial score (nSPS) is 21.3. The van der Waals surface area contributed by atoms with Gasteiger partial charge in [-0.3, -0.25) is 4.79 Å². The zero-order valence-electron chi connectivity index (χ0n) is 7.22. The lowest BCUT2D eigenvalue weighted by molar-refractivity contribution is -0.141. The summed E-state index contributed by atoms with van der Waals surface area (Å²) in [6, 6.07) is -0.442. The van der Waals surface area contributed by atoms with Crippen LogP contribution in [0, 0.1) is 0 Å². The molecule has 1 atom stereocenters. The number of amides is 1. The van der Waals surface area contributed by atoms with E-state index in [0.29, 0.717) is 31.7 Å². The molecule has 1 rings (SSSR count). The standard InChI is InChI=1S/C8H12ClNO3/c9-4-1-2-7(11)10-6-3-5-13-8(6)12/h6H,1-5H2,(H,10,11). The van der Waals surface area contributed by atoms with Gasteiger partial charge < -0.3 is 10.1 Å². The molecule has 1 aliphatic heterocycles. The van der Waals surface area contributed by atoms with Crippen LogP contribution in [0.3, 0.4) is 0 Å². The van der Waals surface area contributed by atoms with Crippen molar-refractivity contribution in [2.75, 3.05) is 12.5 Å². The molecule has 0 aliphatic carbocycles. The summed E-state index contributed by atoms with van der Waals surface area (Å²) in [5.74, 6) is -0.00793. The first kappa shape index (κ1) is 10.3. The van der Waals surface area contributed by atoms with E-state index < -0.39 is 6.04 Å². The van der Waals surface area contributed by atoms with Crippen molar-refractivity contribution in [1.29, 1.82) is 0 Å². The van der Waals surface area contributed by atoms with Crippen molar-refractivity contribution >= 4 is 23.5 Å². The summed E-state index contributed by atoms with van der Waals surface area (Å²) < 4.78 is 4.69. The quantitative estimate of drug-likeness (QED) is 0.535. The maximum Gasteiger partial charge on any atom is 0.328 e. The minimum absolute atomic E-state index is 0.135. The molecule has 0 aromatic rings. The van der Waals surface area contributed by atoms with Crippen LogP contribution in [-0.4, -0.2) is 30.4 Å². The molecule has 0 radical (unpaired) electrons. The lowest BCUT2D eigenvalue weighted by Gasteiger charge is -2.07. The number of rotatable bonds is 4. The SMILES string of the molecule is O=C(CCCCl)NC1CCOC1=O. The van der Waals surface area contributed by atoms with Crippen LogP contribution in [0.15, 0.2) is 0 Å². The second kappa shape index (κ2) is 5.07. The first-order chi connectivity index (χ1) is 6.24. The minimum atomic E-state index is -0.442. The summed E-state index contributed by atoms with van der Waals surface area (Å²) in [7, 11) is 0. The first-order valence-electron chi connectivity index (χ1n) is 4.26. The number of esters is 1. The van der Waals surface area contributed by atoms with Crippen molar-refractivity contribution in [2.45, 2.75) is 25.3 Å². The summed E-state index contributed by atoms with van der Waals surface area (Å²) >= 11 is 5.42. The molecule has 0 aromatic heterocycles. The van der Waals surface area contributed by atoms with Gasteiger partial charge in [0.25, 0.3) is 0 Å². The highest BCUT2D eigenvalue weighted by molar-refractivity contribution is 6.17. The third kappa shape index (κ3) is 3.22. The Bertz CT molecular complexity index is 208. The predicted octanol–water partition coefficient (Wildman–Crippen LogP) is 0.437. The fourth-order valence-electron chi connectivity index (χ4n) is 1.12. The third-order valence-electron chi connectivity index (χ3n) is 1.81. The molecule has 1 aliphatic rings. The molecule has 5 heteroatoms. The van der Waals surface area contributed by atoms with E-state index in [1.54, 1.807) is 0 Å². The molecule has 0 bridgehead atoms. The Hall–Kier alpha value is -0.770. The summed E-state index contributed by atoms with van der Waals surface area (Å²) in [6.45, 7) is 0.402. The molecule has 0 aromatic carbocycles.